The SMILES string of the molecule is CCCCCCCCCCCC(=O)ONC(=O)S. The maximum atomic E-state index is 11.1. The van der Waals surface area contributed by atoms with Crippen LogP contribution in [0.3, 0.4) is 0 Å². The first-order valence-electron chi connectivity index (χ1n) is 6.85. The van der Waals surface area contributed by atoms with Gasteiger partial charge in [0.05, 0.1) is 0 Å². The van der Waals surface area contributed by atoms with Crippen molar-refractivity contribution >= 4 is 23.8 Å². The van der Waals surface area contributed by atoms with Crippen molar-refractivity contribution in [3.8, 4) is 0 Å². The van der Waals surface area contributed by atoms with Crippen LogP contribution in [0.4, 0.5) is 4.79 Å². The number of amides is 1. The number of hydrogen-bond donors (Lipinski definition) is 2. The molecule has 0 radical (unpaired) electrons. The summed E-state index contributed by atoms with van der Waals surface area (Å²) in [6.07, 6.45) is 11.2. The van der Waals surface area contributed by atoms with Gasteiger partial charge in [-0.2, -0.15) is 5.48 Å². The number of unbranched alkanes of at least 4 members (excludes halogenated alkanes) is 8. The Morgan fingerprint density at radius 1 is 0.944 bits per heavy atom. The zero-order chi connectivity index (χ0) is 13.6. The van der Waals surface area contributed by atoms with E-state index in [4.69, 9.17) is 0 Å². The van der Waals surface area contributed by atoms with Crippen LogP contribution in [0.25, 0.3) is 0 Å². The number of thiol groups is 1. The first-order chi connectivity index (χ1) is 8.66. The van der Waals surface area contributed by atoms with Gasteiger partial charge in [-0.05, 0) is 6.42 Å². The third kappa shape index (κ3) is 13.4. The fourth-order valence-electron chi connectivity index (χ4n) is 1.73. The summed E-state index contributed by atoms with van der Waals surface area (Å²) in [5.41, 5.74) is 1.90. The van der Waals surface area contributed by atoms with Gasteiger partial charge in [0.2, 0.25) is 0 Å². The fraction of sp³-hybridized carbons (Fsp3) is 0.846. The molecule has 0 aliphatic carbocycles. The van der Waals surface area contributed by atoms with E-state index in [1.54, 1.807) is 0 Å². The molecule has 0 bridgehead atoms. The lowest BCUT2D eigenvalue weighted by atomic mass is 10.1. The molecule has 0 aromatic heterocycles. The Hall–Kier alpha value is -0.710. The zero-order valence-electron chi connectivity index (χ0n) is 11.2. The van der Waals surface area contributed by atoms with E-state index in [1.165, 1.54) is 44.9 Å². The average Bonchev–Trinajstić information content (AvgIpc) is 2.34. The van der Waals surface area contributed by atoms with Crippen molar-refractivity contribution in [3.63, 3.8) is 0 Å². The van der Waals surface area contributed by atoms with Gasteiger partial charge < -0.3 is 4.84 Å². The molecule has 1 N–H and O–H groups in total. The van der Waals surface area contributed by atoms with Crippen LogP contribution in [0.5, 0.6) is 0 Å². The van der Waals surface area contributed by atoms with Gasteiger partial charge in [-0.15, -0.1) is 0 Å². The van der Waals surface area contributed by atoms with E-state index < -0.39 is 11.2 Å². The molecule has 0 saturated carbocycles. The Bertz CT molecular complexity index is 234. The van der Waals surface area contributed by atoms with Gasteiger partial charge in [0.15, 0.2) is 0 Å². The molecule has 18 heavy (non-hydrogen) atoms. The summed E-state index contributed by atoms with van der Waals surface area (Å²) >= 11 is 3.42. The summed E-state index contributed by atoms with van der Waals surface area (Å²) in [4.78, 5) is 25.9. The van der Waals surface area contributed by atoms with Crippen molar-refractivity contribution in [3.05, 3.63) is 0 Å². The summed E-state index contributed by atoms with van der Waals surface area (Å²) in [6, 6.07) is 0. The van der Waals surface area contributed by atoms with Crippen LogP contribution < -0.4 is 5.48 Å². The van der Waals surface area contributed by atoms with Crippen molar-refractivity contribution in [2.45, 2.75) is 71.1 Å². The van der Waals surface area contributed by atoms with Gasteiger partial charge in [-0.25, -0.2) is 4.79 Å². The summed E-state index contributed by atoms with van der Waals surface area (Å²) < 4.78 is 0. The Labute approximate surface area is 115 Å². The number of carbonyl (C=O) groups excluding carboxylic acids is 2. The molecule has 0 spiro atoms. The van der Waals surface area contributed by atoms with Gasteiger partial charge in [0.1, 0.15) is 0 Å². The lowest BCUT2D eigenvalue weighted by molar-refractivity contribution is -0.148. The van der Waals surface area contributed by atoms with E-state index in [0.717, 1.165) is 12.8 Å². The van der Waals surface area contributed by atoms with E-state index in [0.29, 0.717) is 6.42 Å². The van der Waals surface area contributed by atoms with Gasteiger partial charge in [0, 0.05) is 6.42 Å². The smallest absolute Gasteiger partial charge is 0.332 e. The normalized spacial score (nSPS) is 10.1. The van der Waals surface area contributed by atoms with E-state index >= 15 is 0 Å². The average molecular weight is 275 g/mol. The van der Waals surface area contributed by atoms with Crippen molar-refractivity contribution in [2.75, 3.05) is 0 Å². The maximum absolute atomic E-state index is 11.1. The quantitative estimate of drug-likeness (QED) is 0.360. The molecule has 0 aliphatic heterocycles. The Morgan fingerprint density at radius 2 is 1.44 bits per heavy atom. The summed E-state index contributed by atoms with van der Waals surface area (Å²) in [7, 11) is 0. The first-order valence-corrected chi connectivity index (χ1v) is 7.30. The minimum Gasteiger partial charge on any atom is -0.340 e. The molecule has 5 heteroatoms. The van der Waals surface area contributed by atoms with Crippen LogP contribution in [-0.4, -0.2) is 11.2 Å². The van der Waals surface area contributed by atoms with E-state index in [-0.39, 0.29) is 0 Å². The molecule has 0 fully saturated rings. The van der Waals surface area contributed by atoms with Crippen LogP contribution in [0.1, 0.15) is 71.1 Å². The lowest BCUT2D eigenvalue weighted by Gasteiger charge is -2.03. The highest BCUT2D eigenvalue weighted by Crippen LogP contribution is 2.10. The van der Waals surface area contributed by atoms with E-state index in [1.807, 2.05) is 5.48 Å². The highest BCUT2D eigenvalue weighted by Gasteiger charge is 2.03. The molecule has 4 nitrogen and oxygen atoms in total. The Morgan fingerprint density at radius 3 is 1.94 bits per heavy atom. The van der Waals surface area contributed by atoms with Crippen molar-refractivity contribution in [2.24, 2.45) is 0 Å². The van der Waals surface area contributed by atoms with Crippen molar-refractivity contribution < 1.29 is 14.4 Å². The van der Waals surface area contributed by atoms with Crippen LogP contribution in [0.2, 0.25) is 0 Å². The summed E-state index contributed by atoms with van der Waals surface area (Å²) in [6.45, 7) is 2.22. The standard InChI is InChI=1S/C13H25NO3S/c1-2-3-4-5-6-7-8-9-10-11-12(15)17-14-13(16)18/h2-11H2,1H3,(H2,14,16,18). The van der Waals surface area contributed by atoms with Crippen LogP contribution in [-0.2, 0) is 9.63 Å². The van der Waals surface area contributed by atoms with Crippen LogP contribution in [0, 0.1) is 0 Å². The molecule has 0 rings (SSSR count). The number of rotatable bonds is 10. The molecule has 0 atom stereocenters. The Balaban J connectivity index is 3.15. The molecule has 0 aromatic rings. The fourth-order valence-corrected chi connectivity index (χ4v) is 1.78. The molecule has 1 amide bonds. The number of hydroxylamine groups is 1. The zero-order valence-corrected chi connectivity index (χ0v) is 12.1. The lowest BCUT2D eigenvalue weighted by Crippen LogP contribution is -2.21. The monoisotopic (exact) mass is 275 g/mol. The first kappa shape index (κ1) is 17.3. The molecule has 0 saturated heterocycles. The molecule has 0 unspecified atom stereocenters. The number of hydrogen-bond acceptors (Lipinski definition) is 3. The third-order valence-corrected chi connectivity index (χ3v) is 2.83. The predicted octanol–water partition coefficient (Wildman–Crippen LogP) is 4.00. The van der Waals surface area contributed by atoms with E-state index in [9.17, 15) is 9.59 Å². The van der Waals surface area contributed by atoms with Gasteiger partial charge in [-0.3, -0.25) is 4.79 Å². The second kappa shape index (κ2) is 12.7. The predicted molar refractivity (Wildman–Crippen MR) is 75.5 cm³/mol. The van der Waals surface area contributed by atoms with Gasteiger partial charge >= 0.3 is 11.2 Å². The second-order valence-electron chi connectivity index (χ2n) is 4.46. The molecule has 0 aliphatic rings. The largest absolute Gasteiger partial charge is 0.340 e. The van der Waals surface area contributed by atoms with Gasteiger partial charge in [-0.1, -0.05) is 70.9 Å². The van der Waals surface area contributed by atoms with Crippen molar-refractivity contribution in [1.29, 1.82) is 0 Å². The highest BCUT2D eigenvalue weighted by molar-refractivity contribution is 7.96. The molecular formula is C13H25NO3S. The molecule has 106 valence electrons. The third-order valence-electron chi connectivity index (χ3n) is 2.74. The van der Waals surface area contributed by atoms with Crippen LogP contribution >= 0.6 is 12.6 Å². The van der Waals surface area contributed by atoms with Crippen molar-refractivity contribution in [1.82, 2.24) is 5.48 Å². The molecular weight excluding hydrogens is 250 g/mol. The summed E-state index contributed by atoms with van der Waals surface area (Å²) in [5, 5.41) is -0.657. The highest BCUT2D eigenvalue weighted by atomic mass is 32.1. The minimum absolute atomic E-state index is 0.351. The summed E-state index contributed by atoms with van der Waals surface area (Å²) in [5.74, 6) is -0.402. The Kier molecular flexibility index (Phi) is 12.2. The molecule has 0 aromatic carbocycles. The number of carbonyl (C=O) groups is 2. The second-order valence-corrected chi connectivity index (χ2v) is 4.87. The molecule has 0 heterocycles. The minimum atomic E-state index is -0.657. The number of nitrogens with one attached hydrogen (secondary N) is 1. The van der Waals surface area contributed by atoms with Crippen LogP contribution in [0.15, 0.2) is 0 Å². The van der Waals surface area contributed by atoms with Gasteiger partial charge in [0.25, 0.3) is 0 Å². The maximum Gasteiger partial charge on any atom is 0.332 e. The van der Waals surface area contributed by atoms with E-state index in [2.05, 4.69) is 24.4 Å². The topological polar surface area (TPSA) is 55.4 Å².